The van der Waals surface area contributed by atoms with Crippen LogP contribution in [-0.2, 0) is 0 Å². The minimum atomic E-state index is -0.247. The van der Waals surface area contributed by atoms with Crippen molar-refractivity contribution >= 4 is 21.8 Å². The minimum absolute atomic E-state index is 0.0238. The molecular weight excluding hydrogens is 397 g/mol. The lowest BCUT2D eigenvalue weighted by Crippen LogP contribution is -2.48. The van der Waals surface area contributed by atoms with Gasteiger partial charge in [-0.05, 0) is 52.8 Å². The maximum Gasteiger partial charge on any atom is 0.252 e. The first-order valence-electron chi connectivity index (χ1n) is 8.75. The van der Waals surface area contributed by atoms with Gasteiger partial charge < -0.3 is 10.2 Å². The van der Waals surface area contributed by atoms with Crippen LogP contribution >= 0.6 is 15.9 Å². The molecule has 0 radical (unpaired) electrons. The quantitative estimate of drug-likeness (QED) is 0.807. The fraction of sp³-hybridized carbons (Fsp3) is 0.350. The summed E-state index contributed by atoms with van der Waals surface area (Å²) in [6, 6.07) is 14.0. The smallest absolute Gasteiger partial charge is 0.252 e. The molecule has 3 rings (SSSR count). The van der Waals surface area contributed by atoms with Crippen LogP contribution in [0.5, 0.6) is 0 Å². The summed E-state index contributed by atoms with van der Waals surface area (Å²) in [4.78, 5) is 17.2. The predicted octanol–water partition coefficient (Wildman–Crippen LogP) is 3.31. The van der Waals surface area contributed by atoms with Gasteiger partial charge in [-0.2, -0.15) is 0 Å². The van der Waals surface area contributed by atoms with Gasteiger partial charge in [0.25, 0.3) is 5.91 Å². The number of rotatable bonds is 5. The fourth-order valence-corrected chi connectivity index (χ4v) is 3.67. The number of likely N-dealkylation sites (N-methyl/N-ethyl adjacent to an activating group) is 1. The summed E-state index contributed by atoms with van der Waals surface area (Å²) >= 11 is 3.42. The minimum Gasteiger partial charge on any atom is -0.350 e. The molecule has 0 aromatic heterocycles. The SMILES string of the molecule is CN1CCN(C(CNC(=O)c2ccccc2Br)c2ccc(F)cc2)CC1. The molecule has 1 N–H and O–H groups in total. The van der Waals surface area contributed by atoms with E-state index in [-0.39, 0.29) is 17.8 Å². The standard InChI is InChI=1S/C20H23BrFN3O/c1-24-10-12-25(13-11-24)19(15-6-8-16(22)9-7-15)14-23-20(26)17-4-2-3-5-18(17)21/h2-9,19H,10-14H2,1H3,(H,23,26). The first-order chi connectivity index (χ1) is 12.5. The Morgan fingerprint density at radius 2 is 1.77 bits per heavy atom. The van der Waals surface area contributed by atoms with Gasteiger partial charge in [-0.1, -0.05) is 24.3 Å². The van der Waals surface area contributed by atoms with Crippen molar-refractivity contribution in [2.75, 3.05) is 39.8 Å². The molecule has 2 aromatic carbocycles. The van der Waals surface area contributed by atoms with Crippen LogP contribution in [0.4, 0.5) is 4.39 Å². The number of benzene rings is 2. The second-order valence-corrected chi connectivity index (χ2v) is 7.45. The number of carbonyl (C=O) groups is 1. The van der Waals surface area contributed by atoms with Gasteiger partial charge in [0, 0.05) is 37.2 Å². The van der Waals surface area contributed by atoms with E-state index >= 15 is 0 Å². The van der Waals surface area contributed by atoms with E-state index in [2.05, 4.69) is 38.1 Å². The Labute approximate surface area is 162 Å². The Hall–Kier alpha value is -1.76. The summed E-state index contributed by atoms with van der Waals surface area (Å²) < 4.78 is 14.1. The van der Waals surface area contributed by atoms with Crippen molar-refractivity contribution in [3.8, 4) is 0 Å². The number of halogens is 2. The maximum atomic E-state index is 13.3. The molecule has 0 aliphatic carbocycles. The zero-order chi connectivity index (χ0) is 18.5. The molecule has 1 atom stereocenters. The lowest BCUT2D eigenvalue weighted by molar-refractivity contribution is 0.0885. The molecule has 1 unspecified atom stereocenters. The van der Waals surface area contributed by atoms with Crippen molar-refractivity contribution in [2.24, 2.45) is 0 Å². The number of hydrogen-bond acceptors (Lipinski definition) is 3. The van der Waals surface area contributed by atoms with Crippen LogP contribution in [0.2, 0.25) is 0 Å². The maximum absolute atomic E-state index is 13.3. The molecule has 0 saturated carbocycles. The number of piperazine rings is 1. The number of nitrogens with one attached hydrogen (secondary N) is 1. The number of hydrogen-bond donors (Lipinski definition) is 1. The Balaban J connectivity index is 1.74. The van der Waals surface area contributed by atoms with Gasteiger partial charge in [0.15, 0.2) is 0 Å². The zero-order valence-electron chi connectivity index (χ0n) is 14.8. The van der Waals surface area contributed by atoms with Crippen molar-refractivity contribution in [1.82, 2.24) is 15.1 Å². The highest BCUT2D eigenvalue weighted by atomic mass is 79.9. The average Bonchev–Trinajstić information content (AvgIpc) is 2.65. The van der Waals surface area contributed by atoms with Gasteiger partial charge in [-0.15, -0.1) is 0 Å². The summed E-state index contributed by atoms with van der Waals surface area (Å²) in [5, 5.41) is 3.04. The van der Waals surface area contributed by atoms with Gasteiger partial charge in [-0.25, -0.2) is 4.39 Å². The van der Waals surface area contributed by atoms with E-state index in [1.807, 2.05) is 30.3 Å². The molecule has 1 saturated heterocycles. The zero-order valence-corrected chi connectivity index (χ0v) is 16.4. The Morgan fingerprint density at radius 3 is 2.42 bits per heavy atom. The third kappa shape index (κ3) is 4.69. The van der Waals surface area contributed by atoms with Crippen molar-refractivity contribution in [3.63, 3.8) is 0 Å². The molecule has 1 heterocycles. The van der Waals surface area contributed by atoms with Crippen LogP contribution < -0.4 is 5.32 Å². The van der Waals surface area contributed by atoms with E-state index < -0.39 is 0 Å². The molecule has 6 heteroatoms. The highest BCUT2D eigenvalue weighted by molar-refractivity contribution is 9.10. The first kappa shape index (κ1) is 19.0. The monoisotopic (exact) mass is 419 g/mol. The van der Waals surface area contributed by atoms with Gasteiger partial charge in [0.1, 0.15) is 5.82 Å². The summed E-state index contributed by atoms with van der Waals surface area (Å²) in [6.45, 7) is 4.29. The molecule has 4 nitrogen and oxygen atoms in total. The van der Waals surface area contributed by atoms with E-state index in [1.54, 1.807) is 6.07 Å². The summed E-state index contributed by atoms with van der Waals surface area (Å²) in [5.74, 6) is -0.359. The molecule has 138 valence electrons. The summed E-state index contributed by atoms with van der Waals surface area (Å²) in [6.07, 6.45) is 0. The number of carbonyl (C=O) groups excluding carboxylic acids is 1. The molecule has 1 aliphatic rings. The Morgan fingerprint density at radius 1 is 1.12 bits per heavy atom. The largest absolute Gasteiger partial charge is 0.350 e. The third-order valence-electron chi connectivity index (χ3n) is 4.81. The normalized spacial score (nSPS) is 17.0. The molecular formula is C20H23BrFN3O. The fourth-order valence-electron chi connectivity index (χ4n) is 3.21. The van der Waals surface area contributed by atoms with E-state index in [0.29, 0.717) is 12.1 Å². The number of amides is 1. The lowest BCUT2D eigenvalue weighted by Gasteiger charge is -2.38. The second-order valence-electron chi connectivity index (χ2n) is 6.60. The first-order valence-corrected chi connectivity index (χ1v) is 9.54. The van der Waals surface area contributed by atoms with Crippen LogP contribution in [0, 0.1) is 5.82 Å². The van der Waals surface area contributed by atoms with E-state index in [0.717, 1.165) is 36.2 Å². The topological polar surface area (TPSA) is 35.6 Å². The van der Waals surface area contributed by atoms with E-state index in [9.17, 15) is 9.18 Å². The number of nitrogens with zero attached hydrogens (tertiary/aromatic N) is 2. The summed E-state index contributed by atoms with van der Waals surface area (Å²) in [7, 11) is 2.11. The summed E-state index contributed by atoms with van der Waals surface area (Å²) in [5.41, 5.74) is 1.63. The molecule has 0 bridgehead atoms. The highest BCUT2D eigenvalue weighted by Gasteiger charge is 2.24. The average molecular weight is 420 g/mol. The van der Waals surface area contributed by atoms with Crippen LogP contribution in [-0.4, -0.2) is 55.5 Å². The van der Waals surface area contributed by atoms with Crippen LogP contribution in [0.15, 0.2) is 53.0 Å². The molecule has 1 amide bonds. The van der Waals surface area contributed by atoms with Gasteiger partial charge >= 0.3 is 0 Å². The van der Waals surface area contributed by atoms with Crippen LogP contribution in [0.1, 0.15) is 22.0 Å². The lowest BCUT2D eigenvalue weighted by atomic mass is 10.0. The van der Waals surface area contributed by atoms with Crippen molar-refractivity contribution in [1.29, 1.82) is 0 Å². The van der Waals surface area contributed by atoms with Gasteiger partial charge in [-0.3, -0.25) is 9.69 Å². The second kappa shape index (κ2) is 8.75. The van der Waals surface area contributed by atoms with Crippen LogP contribution in [0.3, 0.4) is 0 Å². The van der Waals surface area contributed by atoms with E-state index in [1.165, 1.54) is 12.1 Å². The third-order valence-corrected chi connectivity index (χ3v) is 5.50. The van der Waals surface area contributed by atoms with Gasteiger partial charge in [0.2, 0.25) is 0 Å². The van der Waals surface area contributed by atoms with Crippen LogP contribution in [0.25, 0.3) is 0 Å². The predicted molar refractivity (Wildman–Crippen MR) is 105 cm³/mol. The molecule has 0 spiro atoms. The van der Waals surface area contributed by atoms with Gasteiger partial charge in [0.05, 0.1) is 11.6 Å². The van der Waals surface area contributed by atoms with Crippen molar-refractivity contribution in [2.45, 2.75) is 6.04 Å². The van der Waals surface area contributed by atoms with E-state index in [4.69, 9.17) is 0 Å². The van der Waals surface area contributed by atoms with Crippen molar-refractivity contribution < 1.29 is 9.18 Å². The highest BCUT2D eigenvalue weighted by Crippen LogP contribution is 2.23. The molecule has 26 heavy (non-hydrogen) atoms. The molecule has 1 aliphatic heterocycles. The Bertz CT molecular complexity index is 745. The molecule has 2 aromatic rings. The van der Waals surface area contributed by atoms with Crippen molar-refractivity contribution in [3.05, 3.63) is 69.9 Å². The molecule has 1 fully saturated rings. The Kier molecular flexibility index (Phi) is 6.40.